The van der Waals surface area contributed by atoms with Gasteiger partial charge in [0.05, 0.1) is 12.7 Å². The summed E-state index contributed by atoms with van der Waals surface area (Å²) >= 11 is 0. The maximum Gasteiger partial charge on any atom is 0.185 e. The molecule has 2 rings (SSSR count). The third-order valence-electron chi connectivity index (χ3n) is 3.04. The highest BCUT2D eigenvalue weighted by Crippen LogP contribution is 2.43. The quantitative estimate of drug-likeness (QED) is 0.651. The standard InChI is InChI=1S/C15H16O6/c1-18-14-11(17)6-5-10(15(19-2)20-3)13(14)12-7-4-9(8-16)21-12/h4-8,15,17H,1-3H3. The third-order valence-corrected chi connectivity index (χ3v) is 3.04. The number of benzene rings is 1. The van der Waals surface area contributed by atoms with E-state index in [4.69, 9.17) is 18.6 Å². The molecule has 0 spiro atoms. The molecule has 0 unspecified atom stereocenters. The van der Waals surface area contributed by atoms with Crippen molar-refractivity contribution in [2.45, 2.75) is 6.29 Å². The number of phenolic OH excluding ortho intramolecular Hbond substituents is 1. The Morgan fingerprint density at radius 2 is 1.86 bits per heavy atom. The second-order valence-corrected chi connectivity index (χ2v) is 4.21. The Kier molecular flexibility index (Phi) is 4.62. The van der Waals surface area contributed by atoms with E-state index < -0.39 is 6.29 Å². The summed E-state index contributed by atoms with van der Waals surface area (Å²) in [6.07, 6.45) is -0.0676. The van der Waals surface area contributed by atoms with E-state index in [1.165, 1.54) is 33.5 Å². The highest BCUT2D eigenvalue weighted by molar-refractivity contribution is 5.77. The van der Waals surface area contributed by atoms with Crippen LogP contribution in [-0.2, 0) is 9.47 Å². The van der Waals surface area contributed by atoms with Gasteiger partial charge in [-0.05, 0) is 24.3 Å². The summed E-state index contributed by atoms with van der Waals surface area (Å²) in [6, 6.07) is 6.28. The van der Waals surface area contributed by atoms with Crippen LogP contribution in [0.3, 0.4) is 0 Å². The lowest BCUT2D eigenvalue weighted by molar-refractivity contribution is -0.105. The second kappa shape index (κ2) is 6.43. The summed E-state index contributed by atoms with van der Waals surface area (Å²) in [5, 5.41) is 9.95. The number of phenols is 1. The molecule has 1 N–H and O–H groups in total. The van der Waals surface area contributed by atoms with Gasteiger partial charge < -0.3 is 23.7 Å². The first-order valence-electron chi connectivity index (χ1n) is 6.17. The van der Waals surface area contributed by atoms with Gasteiger partial charge in [-0.25, -0.2) is 0 Å². The van der Waals surface area contributed by atoms with E-state index in [0.717, 1.165) is 0 Å². The predicted octanol–water partition coefficient (Wildman–Crippen LogP) is 2.76. The van der Waals surface area contributed by atoms with Crippen molar-refractivity contribution in [2.24, 2.45) is 0 Å². The fourth-order valence-corrected chi connectivity index (χ4v) is 2.14. The topological polar surface area (TPSA) is 78.1 Å². The lowest BCUT2D eigenvalue weighted by Crippen LogP contribution is -2.06. The Balaban J connectivity index is 2.69. The van der Waals surface area contributed by atoms with Gasteiger partial charge in [-0.1, -0.05) is 0 Å². The van der Waals surface area contributed by atoms with Crippen molar-refractivity contribution >= 4 is 6.29 Å². The fraction of sp³-hybridized carbons (Fsp3) is 0.267. The second-order valence-electron chi connectivity index (χ2n) is 4.21. The molecule has 6 heteroatoms. The van der Waals surface area contributed by atoms with Crippen molar-refractivity contribution in [3.05, 3.63) is 35.6 Å². The normalized spacial score (nSPS) is 10.9. The van der Waals surface area contributed by atoms with Crippen molar-refractivity contribution in [3.63, 3.8) is 0 Å². The molecule has 0 aliphatic rings. The number of furan rings is 1. The zero-order valence-electron chi connectivity index (χ0n) is 12.0. The third kappa shape index (κ3) is 2.76. The summed E-state index contributed by atoms with van der Waals surface area (Å²) < 4.78 is 21.2. The molecule has 21 heavy (non-hydrogen) atoms. The molecule has 0 saturated heterocycles. The lowest BCUT2D eigenvalue weighted by Gasteiger charge is -2.19. The SMILES string of the molecule is COc1c(O)ccc(C(OC)OC)c1-c1ccc(C=O)o1. The molecule has 0 atom stereocenters. The first-order chi connectivity index (χ1) is 10.2. The van der Waals surface area contributed by atoms with Gasteiger partial charge in [-0.2, -0.15) is 0 Å². The summed E-state index contributed by atoms with van der Waals surface area (Å²) in [5.41, 5.74) is 1.08. The van der Waals surface area contributed by atoms with Crippen LogP contribution in [0.25, 0.3) is 11.3 Å². The molecule has 1 aromatic carbocycles. The summed E-state index contributed by atoms with van der Waals surface area (Å²) in [7, 11) is 4.42. The van der Waals surface area contributed by atoms with Gasteiger partial charge in [0.25, 0.3) is 0 Å². The molecular formula is C15H16O6. The number of hydrogen-bond acceptors (Lipinski definition) is 6. The molecular weight excluding hydrogens is 276 g/mol. The number of ether oxygens (including phenoxy) is 3. The van der Waals surface area contributed by atoms with E-state index in [0.29, 0.717) is 23.2 Å². The number of carbonyl (C=O) groups excluding carboxylic acids is 1. The number of methoxy groups -OCH3 is 3. The minimum Gasteiger partial charge on any atom is -0.504 e. The highest BCUT2D eigenvalue weighted by Gasteiger charge is 2.24. The Morgan fingerprint density at radius 3 is 2.38 bits per heavy atom. The lowest BCUT2D eigenvalue weighted by atomic mass is 10.0. The van der Waals surface area contributed by atoms with Crippen LogP contribution in [0.15, 0.2) is 28.7 Å². The van der Waals surface area contributed by atoms with E-state index in [9.17, 15) is 9.90 Å². The molecule has 0 bridgehead atoms. The van der Waals surface area contributed by atoms with Gasteiger partial charge in [0.1, 0.15) is 5.76 Å². The smallest absolute Gasteiger partial charge is 0.185 e. The molecule has 0 amide bonds. The summed E-state index contributed by atoms with van der Waals surface area (Å²) in [4.78, 5) is 10.8. The van der Waals surface area contributed by atoms with Crippen molar-refractivity contribution in [2.75, 3.05) is 21.3 Å². The van der Waals surface area contributed by atoms with E-state index in [1.807, 2.05) is 0 Å². The first-order valence-corrected chi connectivity index (χ1v) is 6.17. The van der Waals surface area contributed by atoms with Crippen molar-refractivity contribution in [3.8, 4) is 22.8 Å². The molecule has 6 nitrogen and oxygen atoms in total. The predicted molar refractivity (Wildman–Crippen MR) is 74.5 cm³/mol. The van der Waals surface area contributed by atoms with Crippen LogP contribution in [-0.4, -0.2) is 32.7 Å². The number of carbonyl (C=O) groups is 1. The Morgan fingerprint density at radius 1 is 1.14 bits per heavy atom. The Hall–Kier alpha value is -2.31. The van der Waals surface area contributed by atoms with E-state index >= 15 is 0 Å². The zero-order chi connectivity index (χ0) is 15.4. The molecule has 0 aliphatic carbocycles. The Bertz CT molecular complexity index is 627. The monoisotopic (exact) mass is 292 g/mol. The highest BCUT2D eigenvalue weighted by atomic mass is 16.7. The van der Waals surface area contributed by atoms with Crippen molar-refractivity contribution < 1.29 is 28.5 Å². The van der Waals surface area contributed by atoms with E-state index in [2.05, 4.69) is 0 Å². The maximum absolute atomic E-state index is 10.8. The van der Waals surface area contributed by atoms with Crippen LogP contribution in [0.5, 0.6) is 11.5 Å². The van der Waals surface area contributed by atoms with Gasteiger partial charge in [0, 0.05) is 19.8 Å². The van der Waals surface area contributed by atoms with Crippen LogP contribution >= 0.6 is 0 Å². The van der Waals surface area contributed by atoms with Crippen molar-refractivity contribution in [1.82, 2.24) is 0 Å². The van der Waals surface area contributed by atoms with Crippen LogP contribution < -0.4 is 4.74 Å². The van der Waals surface area contributed by atoms with Gasteiger partial charge >= 0.3 is 0 Å². The molecule has 1 aromatic heterocycles. The largest absolute Gasteiger partial charge is 0.504 e. The fourth-order valence-electron chi connectivity index (χ4n) is 2.14. The Labute approximate surface area is 121 Å². The van der Waals surface area contributed by atoms with Crippen LogP contribution in [0, 0.1) is 0 Å². The average molecular weight is 292 g/mol. The number of aldehydes is 1. The van der Waals surface area contributed by atoms with Crippen molar-refractivity contribution in [1.29, 1.82) is 0 Å². The number of hydrogen-bond donors (Lipinski definition) is 1. The summed E-state index contributed by atoms with van der Waals surface area (Å²) in [5.74, 6) is 0.719. The zero-order valence-corrected chi connectivity index (χ0v) is 12.0. The molecule has 0 aliphatic heterocycles. The minimum absolute atomic E-state index is 0.0498. The van der Waals surface area contributed by atoms with Crippen LogP contribution in [0.1, 0.15) is 22.4 Å². The van der Waals surface area contributed by atoms with Gasteiger partial charge in [-0.3, -0.25) is 4.79 Å². The summed E-state index contributed by atoms with van der Waals surface area (Å²) in [6.45, 7) is 0. The number of aromatic hydroxyl groups is 1. The molecule has 112 valence electrons. The number of rotatable bonds is 6. The van der Waals surface area contributed by atoms with E-state index in [-0.39, 0.29) is 17.3 Å². The van der Waals surface area contributed by atoms with Crippen LogP contribution in [0.4, 0.5) is 0 Å². The minimum atomic E-state index is -0.667. The molecule has 1 heterocycles. The van der Waals surface area contributed by atoms with E-state index in [1.54, 1.807) is 12.1 Å². The maximum atomic E-state index is 10.8. The van der Waals surface area contributed by atoms with Gasteiger partial charge in [-0.15, -0.1) is 0 Å². The molecule has 0 radical (unpaired) electrons. The van der Waals surface area contributed by atoms with Crippen LogP contribution in [0.2, 0.25) is 0 Å². The molecule has 0 fully saturated rings. The molecule has 2 aromatic rings. The first kappa shape index (κ1) is 15.1. The van der Waals surface area contributed by atoms with Gasteiger partial charge in [0.2, 0.25) is 0 Å². The molecule has 0 saturated carbocycles. The average Bonchev–Trinajstić information content (AvgIpc) is 2.98. The van der Waals surface area contributed by atoms with Gasteiger partial charge in [0.15, 0.2) is 29.8 Å².